The van der Waals surface area contributed by atoms with Crippen molar-refractivity contribution in [1.29, 1.82) is 0 Å². The van der Waals surface area contributed by atoms with Crippen molar-refractivity contribution in [2.75, 3.05) is 0 Å². The van der Waals surface area contributed by atoms with Crippen LogP contribution in [0.25, 0.3) is 0 Å². The van der Waals surface area contributed by atoms with Gasteiger partial charge in [-0.05, 0) is 29.8 Å². The minimum Gasteiger partial charge on any atom is -0.487 e. The molecule has 0 atom stereocenters. The van der Waals surface area contributed by atoms with Crippen LogP contribution in [0.1, 0.15) is 11.3 Å². The second-order valence-electron chi connectivity index (χ2n) is 4.00. The van der Waals surface area contributed by atoms with E-state index in [0.717, 1.165) is 17.0 Å². The third kappa shape index (κ3) is 5.43. The second kappa shape index (κ2) is 8.36. The van der Waals surface area contributed by atoms with E-state index >= 15 is 0 Å². The highest BCUT2D eigenvalue weighted by molar-refractivity contribution is 14.0. The molecule has 0 aliphatic heterocycles. The monoisotopic (exact) mass is 384 g/mol. The molecule has 0 amide bonds. The highest BCUT2D eigenvalue weighted by atomic mass is 127. The van der Waals surface area contributed by atoms with Crippen LogP contribution in [0.15, 0.2) is 53.7 Å². The van der Waals surface area contributed by atoms with Gasteiger partial charge in [-0.2, -0.15) is 0 Å². The van der Waals surface area contributed by atoms with Gasteiger partial charge < -0.3 is 16.2 Å². The third-order valence-electron chi connectivity index (χ3n) is 2.46. The fourth-order valence-corrected chi connectivity index (χ4v) is 1.56. The summed E-state index contributed by atoms with van der Waals surface area (Å²) < 4.78 is 5.67. The summed E-state index contributed by atoms with van der Waals surface area (Å²) in [6.45, 7) is 0.885. The molecule has 0 saturated heterocycles. The number of rotatable bonds is 5. The second-order valence-corrected chi connectivity index (χ2v) is 4.00. The number of aromatic nitrogens is 1. The number of hydrogen-bond acceptors (Lipinski definition) is 3. The van der Waals surface area contributed by atoms with Gasteiger partial charge in [0.1, 0.15) is 12.4 Å². The summed E-state index contributed by atoms with van der Waals surface area (Å²) in [7, 11) is 0. The number of benzene rings is 1. The fraction of sp³-hybridized carbons (Fsp3) is 0.143. The van der Waals surface area contributed by atoms with Gasteiger partial charge in [-0.15, -0.1) is 24.0 Å². The van der Waals surface area contributed by atoms with Gasteiger partial charge in [-0.3, -0.25) is 4.98 Å². The molecule has 1 aromatic carbocycles. The summed E-state index contributed by atoms with van der Waals surface area (Å²) >= 11 is 0. The van der Waals surface area contributed by atoms with Crippen molar-refractivity contribution in [3.05, 3.63) is 59.9 Å². The molecule has 4 N–H and O–H groups in total. The van der Waals surface area contributed by atoms with E-state index in [2.05, 4.69) is 9.98 Å². The predicted molar refractivity (Wildman–Crippen MR) is 89.9 cm³/mol. The van der Waals surface area contributed by atoms with Gasteiger partial charge in [0.05, 0.1) is 12.2 Å². The molecule has 1 heterocycles. The van der Waals surface area contributed by atoms with Crippen LogP contribution >= 0.6 is 24.0 Å². The first-order chi connectivity index (χ1) is 9.24. The lowest BCUT2D eigenvalue weighted by Crippen LogP contribution is -2.22. The van der Waals surface area contributed by atoms with E-state index in [1.807, 2.05) is 42.5 Å². The summed E-state index contributed by atoms with van der Waals surface area (Å²) in [5, 5.41) is 0. The first kappa shape index (κ1) is 16.2. The molecule has 2 rings (SSSR count). The van der Waals surface area contributed by atoms with Gasteiger partial charge in [-0.1, -0.05) is 18.2 Å². The number of pyridine rings is 1. The van der Waals surface area contributed by atoms with Crippen LogP contribution in [-0.4, -0.2) is 10.9 Å². The van der Waals surface area contributed by atoms with Crippen molar-refractivity contribution in [2.45, 2.75) is 13.2 Å². The zero-order chi connectivity index (χ0) is 13.5. The zero-order valence-corrected chi connectivity index (χ0v) is 13.2. The zero-order valence-electron chi connectivity index (χ0n) is 10.9. The van der Waals surface area contributed by atoms with Crippen molar-refractivity contribution in [1.82, 2.24) is 4.98 Å². The Bertz CT molecular complexity index is 556. The minimum atomic E-state index is 0. The van der Waals surface area contributed by atoms with E-state index in [1.165, 1.54) is 0 Å². The van der Waals surface area contributed by atoms with Crippen LogP contribution in [0.3, 0.4) is 0 Å². The SMILES string of the molecule is I.NC(N)=NCc1cccc(OCc2ccccn2)c1. The number of halogens is 1. The fourth-order valence-electron chi connectivity index (χ4n) is 1.56. The van der Waals surface area contributed by atoms with Gasteiger partial charge in [0, 0.05) is 6.20 Å². The molecule has 0 aliphatic rings. The van der Waals surface area contributed by atoms with Crippen molar-refractivity contribution in [2.24, 2.45) is 16.5 Å². The Hall–Kier alpha value is -1.83. The molecule has 1 aromatic heterocycles. The molecular formula is C14H17IN4O. The van der Waals surface area contributed by atoms with Crippen molar-refractivity contribution in [3.8, 4) is 5.75 Å². The normalized spacial score (nSPS) is 9.40. The molecule has 0 aliphatic carbocycles. The maximum absolute atomic E-state index is 5.67. The Morgan fingerprint density at radius 2 is 2.00 bits per heavy atom. The summed E-state index contributed by atoms with van der Waals surface area (Å²) in [5.41, 5.74) is 12.5. The van der Waals surface area contributed by atoms with Crippen LogP contribution in [0.2, 0.25) is 0 Å². The van der Waals surface area contributed by atoms with Gasteiger partial charge in [0.15, 0.2) is 5.96 Å². The van der Waals surface area contributed by atoms with E-state index in [4.69, 9.17) is 16.2 Å². The molecule has 0 unspecified atom stereocenters. The Kier molecular flexibility index (Phi) is 6.78. The van der Waals surface area contributed by atoms with E-state index in [1.54, 1.807) is 6.20 Å². The topological polar surface area (TPSA) is 86.5 Å². The lowest BCUT2D eigenvalue weighted by Gasteiger charge is -2.06. The smallest absolute Gasteiger partial charge is 0.186 e. The Balaban J connectivity index is 0.00000200. The summed E-state index contributed by atoms with van der Waals surface area (Å²) in [6, 6.07) is 13.4. The number of aliphatic imine (C=N–C) groups is 1. The maximum atomic E-state index is 5.67. The van der Waals surface area contributed by atoms with E-state index in [-0.39, 0.29) is 29.9 Å². The van der Waals surface area contributed by atoms with Gasteiger partial charge in [0.25, 0.3) is 0 Å². The molecule has 20 heavy (non-hydrogen) atoms. The highest BCUT2D eigenvalue weighted by Gasteiger charge is 1.98. The molecule has 0 radical (unpaired) electrons. The number of ether oxygens (including phenoxy) is 1. The Labute approximate surface area is 135 Å². The summed E-state index contributed by atoms with van der Waals surface area (Å²) in [5.74, 6) is 0.855. The quantitative estimate of drug-likeness (QED) is 0.469. The van der Waals surface area contributed by atoms with Crippen molar-refractivity contribution in [3.63, 3.8) is 0 Å². The average molecular weight is 384 g/mol. The van der Waals surface area contributed by atoms with Crippen LogP contribution in [-0.2, 0) is 13.2 Å². The molecule has 0 spiro atoms. The molecular weight excluding hydrogens is 367 g/mol. The molecule has 106 valence electrons. The molecule has 0 saturated carbocycles. The van der Waals surface area contributed by atoms with Crippen molar-refractivity contribution < 1.29 is 4.74 Å². The largest absolute Gasteiger partial charge is 0.487 e. The third-order valence-corrected chi connectivity index (χ3v) is 2.46. The molecule has 6 heteroatoms. The van der Waals surface area contributed by atoms with Gasteiger partial charge in [-0.25, -0.2) is 4.99 Å². The molecule has 5 nitrogen and oxygen atoms in total. The number of hydrogen-bond donors (Lipinski definition) is 2. The average Bonchev–Trinajstić information content (AvgIpc) is 2.44. The van der Waals surface area contributed by atoms with Crippen LogP contribution in [0.5, 0.6) is 5.75 Å². The first-order valence-electron chi connectivity index (χ1n) is 5.91. The summed E-state index contributed by atoms with van der Waals surface area (Å²) in [6.07, 6.45) is 1.74. The number of guanidine groups is 1. The molecule has 0 fully saturated rings. The van der Waals surface area contributed by atoms with E-state index < -0.39 is 0 Å². The Morgan fingerprint density at radius 3 is 2.70 bits per heavy atom. The first-order valence-corrected chi connectivity index (χ1v) is 5.91. The predicted octanol–water partition coefficient (Wildman–Crippen LogP) is 2.05. The maximum Gasteiger partial charge on any atom is 0.186 e. The Morgan fingerprint density at radius 1 is 1.15 bits per heavy atom. The standard InChI is InChI=1S/C14H16N4O.HI/c15-14(16)18-9-11-4-3-6-13(8-11)19-10-12-5-1-2-7-17-12;/h1-8H,9-10H2,(H4,15,16,18);1H. The summed E-state index contributed by atoms with van der Waals surface area (Å²) in [4.78, 5) is 8.15. The highest BCUT2D eigenvalue weighted by Crippen LogP contribution is 2.15. The van der Waals surface area contributed by atoms with E-state index in [0.29, 0.717) is 13.2 Å². The van der Waals surface area contributed by atoms with Gasteiger partial charge >= 0.3 is 0 Å². The van der Waals surface area contributed by atoms with E-state index in [9.17, 15) is 0 Å². The van der Waals surface area contributed by atoms with Crippen LogP contribution in [0.4, 0.5) is 0 Å². The number of nitrogens with zero attached hydrogens (tertiary/aromatic N) is 2. The molecule has 2 aromatic rings. The number of nitrogens with two attached hydrogens (primary N) is 2. The lowest BCUT2D eigenvalue weighted by molar-refractivity contribution is 0.301. The van der Waals surface area contributed by atoms with Crippen LogP contribution < -0.4 is 16.2 Å². The van der Waals surface area contributed by atoms with Gasteiger partial charge in [0.2, 0.25) is 0 Å². The molecule has 0 bridgehead atoms. The lowest BCUT2D eigenvalue weighted by atomic mass is 10.2. The van der Waals surface area contributed by atoms with Crippen molar-refractivity contribution >= 4 is 29.9 Å². The minimum absolute atomic E-state index is 0. The van der Waals surface area contributed by atoms with Crippen LogP contribution in [0, 0.1) is 0 Å².